The number of hydrazine groups is 1. The molecule has 4 N–H and O–H groups in total. The quantitative estimate of drug-likeness (QED) is 0.548. The Hall–Kier alpha value is -1.14. The van der Waals surface area contributed by atoms with Gasteiger partial charge in [0.15, 0.2) is 5.82 Å². The summed E-state index contributed by atoms with van der Waals surface area (Å²) >= 11 is 3.31. The maximum atomic E-state index is 12.3. The molecule has 0 saturated heterocycles. The first-order valence-electron chi connectivity index (χ1n) is 6.77. The average Bonchev–Trinajstić information content (AvgIpc) is 2.37. The van der Waals surface area contributed by atoms with Crippen molar-refractivity contribution in [1.82, 2.24) is 10.3 Å². The number of carbonyl (C=O) groups is 1. The van der Waals surface area contributed by atoms with Crippen molar-refractivity contribution in [3.8, 4) is 0 Å². The van der Waals surface area contributed by atoms with Crippen molar-refractivity contribution < 1.29 is 4.79 Å². The Morgan fingerprint density at radius 1 is 1.35 bits per heavy atom. The lowest BCUT2D eigenvalue weighted by atomic mass is 9.85. The maximum Gasteiger partial charge on any atom is 0.255 e. The Kier molecular flexibility index (Phi) is 6.42. The number of halogens is 1. The predicted molar refractivity (Wildman–Crippen MR) is 85.2 cm³/mol. The molecule has 0 bridgehead atoms. The van der Waals surface area contributed by atoms with Crippen LogP contribution in [0.4, 0.5) is 5.82 Å². The van der Waals surface area contributed by atoms with Gasteiger partial charge in [0.25, 0.3) is 5.91 Å². The van der Waals surface area contributed by atoms with Gasteiger partial charge in [0.2, 0.25) is 0 Å². The Labute approximate surface area is 128 Å². The van der Waals surface area contributed by atoms with Gasteiger partial charge in [-0.15, -0.1) is 0 Å². The average molecular weight is 343 g/mol. The number of anilines is 1. The first kappa shape index (κ1) is 16.9. The Morgan fingerprint density at radius 2 is 1.95 bits per heavy atom. The third kappa shape index (κ3) is 4.45. The molecular weight excluding hydrogens is 320 g/mol. The number of amides is 1. The van der Waals surface area contributed by atoms with Crippen LogP contribution in [0.2, 0.25) is 0 Å². The molecule has 0 unspecified atom stereocenters. The van der Waals surface area contributed by atoms with E-state index in [-0.39, 0.29) is 5.91 Å². The second kappa shape index (κ2) is 7.59. The molecule has 1 aromatic rings. The van der Waals surface area contributed by atoms with Gasteiger partial charge in [-0.1, -0.05) is 27.7 Å². The zero-order chi connectivity index (χ0) is 15.3. The van der Waals surface area contributed by atoms with E-state index in [2.05, 4.69) is 59.4 Å². The first-order chi connectivity index (χ1) is 9.36. The fourth-order valence-corrected chi connectivity index (χ4v) is 2.61. The van der Waals surface area contributed by atoms with Crippen molar-refractivity contribution in [3.05, 3.63) is 22.3 Å². The van der Waals surface area contributed by atoms with Crippen molar-refractivity contribution in [3.63, 3.8) is 0 Å². The highest BCUT2D eigenvalue weighted by Crippen LogP contribution is 2.21. The summed E-state index contributed by atoms with van der Waals surface area (Å²) in [7, 11) is 0. The molecule has 0 radical (unpaired) electrons. The van der Waals surface area contributed by atoms with Crippen LogP contribution in [0.3, 0.4) is 0 Å². The minimum atomic E-state index is -0.168. The monoisotopic (exact) mass is 342 g/mol. The Bertz CT molecular complexity index is 454. The molecular formula is C14H23BrN4O. The lowest BCUT2D eigenvalue weighted by Gasteiger charge is -2.25. The summed E-state index contributed by atoms with van der Waals surface area (Å²) in [5, 5.41) is 2.97. The molecule has 112 valence electrons. The number of aromatic nitrogens is 1. The predicted octanol–water partition coefficient (Wildman–Crippen LogP) is 2.79. The molecule has 0 aliphatic carbocycles. The van der Waals surface area contributed by atoms with Crippen LogP contribution in [0.15, 0.2) is 16.7 Å². The molecule has 1 heterocycles. The van der Waals surface area contributed by atoms with E-state index in [1.165, 1.54) is 0 Å². The zero-order valence-electron chi connectivity index (χ0n) is 12.4. The topological polar surface area (TPSA) is 80.0 Å². The normalized spacial score (nSPS) is 11.2. The number of hydrogen-bond donors (Lipinski definition) is 3. The van der Waals surface area contributed by atoms with Gasteiger partial charge in [-0.2, -0.15) is 0 Å². The fraction of sp³-hybridized carbons (Fsp3) is 0.571. The molecule has 6 heteroatoms. The van der Waals surface area contributed by atoms with Crippen molar-refractivity contribution in [1.29, 1.82) is 0 Å². The molecule has 1 aromatic heterocycles. The summed E-state index contributed by atoms with van der Waals surface area (Å²) in [6.07, 6.45) is 1.59. The number of rotatable bonds is 6. The van der Waals surface area contributed by atoms with Gasteiger partial charge in [0.1, 0.15) is 0 Å². The molecule has 0 spiro atoms. The van der Waals surface area contributed by atoms with Crippen LogP contribution in [-0.2, 0) is 0 Å². The van der Waals surface area contributed by atoms with Gasteiger partial charge in [-0.3, -0.25) is 4.79 Å². The SMILES string of the molecule is CC(C)C(CNC(=O)c1cc(Br)cnc1NN)C(C)C. The number of nitrogens with zero attached hydrogens (tertiary/aromatic N) is 1. The number of nitrogens with one attached hydrogen (secondary N) is 2. The maximum absolute atomic E-state index is 12.3. The van der Waals surface area contributed by atoms with Gasteiger partial charge in [-0.25, -0.2) is 10.8 Å². The van der Waals surface area contributed by atoms with E-state index in [0.717, 1.165) is 4.47 Å². The Balaban J connectivity index is 2.79. The molecule has 0 aromatic carbocycles. The minimum absolute atomic E-state index is 0.168. The van der Waals surface area contributed by atoms with Crippen molar-refractivity contribution in [2.24, 2.45) is 23.6 Å². The summed E-state index contributed by atoms with van der Waals surface area (Å²) < 4.78 is 0.742. The highest BCUT2D eigenvalue weighted by Gasteiger charge is 2.20. The number of hydrogen-bond acceptors (Lipinski definition) is 4. The highest BCUT2D eigenvalue weighted by molar-refractivity contribution is 9.10. The van der Waals surface area contributed by atoms with Crippen molar-refractivity contribution in [2.75, 3.05) is 12.0 Å². The highest BCUT2D eigenvalue weighted by atomic mass is 79.9. The molecule has 0 fully saturated rings. The standard InChI is InChI=1S/C14H23BrN4O/c1-8(2)12(9(3)4)7-18-14(20)11-5-10(15)6-17-13(11)19-16/h5-6,8-9,12H,7,16H2,1-4H3,(H,17,19)(H,18,20). The molecule has 0 saturated carbocycles. The van der Waals surface area contributed by atoms with Crippen LogP contribution in [0.1, 0.15) is 38.1 Å². The minimum Gasteiger partial charge on any atom is -0.352 e. The molecule has 0 aliphatic rings. The second-order valence-electron chi connectivity index (χ2n) is 5.56. The molecule has 20 heavy (non-hydrogen) atoms. The first-order valence-corrected chi connectivity index (χ1v) is 7.56. The summed E-state index contributed by atoms with van der Waals surface area (Å²) in [6.45, 7) is 9.33. The smallest absolute Gasteiger partial charge is 0.255 e. The number of nitrogen functional groups attached to an aromatic ring is 1. The summed E-state index contributed by atoms with van der Waals surface area (Å²) in [4.78, 5) is 16.3. The number of nitrogens with two attached hydrogens (primary N) is 1. The molecule has 1 rings (SSSR count). The van der Waals surface area contributed by atoms with E-state index in [1.54, 1.807) is 12.3 Å². The fourth-order valence-electron chi connectivity index (χ4n) is 2.27. The largest absolute Gasteiger partial charge is 0.352 e. The molecule has 1 amide bonds. The lowest BCUT2D eigenvalue weighted by Crippen LogP contribution is -2.34. The second-order valence-corrected chi connectivity index (χ2v) is 6.47. The van der Waals surface area contributed by atoms with Crippen LogP contribution in [0.5, 0.6) is 0 Å². The van der Waals surface area contributed by atoms with Crippen molar-refractivity contribution in [2.45, 2.75) is 27.7 Å². The van der Waals surface area contributed by atoms with E-state index in [0.29, 0.717) is 35.7 Å². The third-order valence-electron chi connectivity index (χ3n) is 3.45. The molecule has 5 nitrogen and oxygen atoms in total. The summed E-state index contributed by atoms with van der Waals surface area (Å²) in [5.74, 6) is 7.06. The van der Waals surface area contributed by atoms with Crippen molar-refractivity contribution >= 4 is 27.7 Å². The van der Waals surface area contributed by atoms with E-state index in [9.17, 15) is 4.79 Å². The molecule has 0 aliphatic heterocycles. The van der Waals surface area contributed by atoms with Crippen LogP contribution >= 0.6 is 15.9 Å². The third-order valence-corrected chi connectivity index (χ3v) is 3.88. The van der Waals surface area contributed by atoms with Gasteiger partial charge < -0.3 is 10.7 Å². The zero-order valence-corrected chi connectivity index (χ0v) is 14.0. The number of carbonyl (C=O) groups excluding carboxylic acids is 1. The van der Waals surface area contributed by atoms with Crippen LogP contribution < -0.4 is 16.6 Å². The number of pyridine rings is 1. The van der Waals surface area contributed by atoms with Gasteiger partial charge in [0.05, 0.1) is 5.56 Å². The Morgan fingerprint density at radius 3 is 2.45 bits per heavy atom. The summed E-state index contributed by atoms with van der Waals surface area (Å²) in [6, 6.07) is 1.71. The van der Waals surface area contributed by atoms with E-state index in [4.69, 9.17) is 5.84 Å². The van der Waals surface area contributed by atoms with Crippen LogP contribution in [-0.4, -0.2) is 17.4 Å². The van der Waals surface area contributed by atoms with Crippen LogP contribution in [0.25, 0.3) is 0 Å². The van der Waals surface area contributed by atoms with Gasteiger partial charge in [0, 0.05) is 17.2 Å². The molecule has 0 atom stereocenters. The van der Waals surface area contributed by atoms with Gasteiger partial charge in [-0.05, 0) is 39.8 Å². The summed E-state index contributed by atoms with van der Waals surface area (Å²) in [5.41, 5.74) is 2.88. The lowest BCUT2D eigenvalue weighted by molar-refractivity contribution is 0.0937. The van der Waals surface area contributed by atoms with Gasteiger partial charge >= 0.3 is 0 Å². The van der Waals surface area contributed by atoms with E-state index >= 15 is 0 Å². The van der Waals surface area contributed by atoms with E-state index < -0.39 is 0 Å². The van der Waals surface area contributed by atoms with E-state index in [1.807, 2.05) is 0 Å². The van der Waals surface area contributed by atoms with Crippen LogP contribution in [0, 0.1) is 17.8 Å².